The lowest BCUT2D eigenvalue weighted by molar-refractivity contribution is 0.669. The summed E-state index contributed by atoms with van der Waals surface area (Å²) in [5, 5.41) is 4.48. The highest BCUT2D eigenvalue weighted by Crippen LogP contribution is 2.38. The van der Waals surface area contributed by atoms with Gasteiger partial charge >= 0.3 is 0 Å². The van der Waals surface area contributed by atoms with Crippen LogP contribution in [0.25, 0.3) is 89.1 Å². The summed E-state index contributed by atoms with van der Waals surface area (Å²) in [5.41, 5.74) is 8.60. The molecule has 0 aliphatic heterocycles. The molecular formula is C43H27N3O. The van der Waals surface area contributed by atoms with Crippen LogP contribution < -0.4 is 0 Å². The van der Waals surface area contributed by atoms with Crippen molar-refractivity contribution in [2.24, 2.45) is 0 Å². The highest BCUT2D eigenvalue weighted by molar-refractivity contribution is 6.09. The van der Waals surface area contributed by atoms with E-state index < -0.39 is 0 Å². The molecule has 0 atom stereocenters. The molecule has 0 amide bonds. The predicted octanol–water partition coefficient (Wildman–Crippen LogP) is 11.3. The largest absolute Gasteiger partial charge is 0.455 e. The maximum Gasteiger partial charge on any atom is 0.167 e. The van der Waals surface area contributed by atoms with Crippen molar-refractivity contribution < 1.29 is 4.42 Å². The van der Waals surface area contributed by atoms with Crippen LogP contribution in [-0.2, 0) is 0 Å². The maximum atomic E-state index is 6.46. The van der Waals surface area contributed by atoms with Crippen molar-refractivity contribution in [2.75, 3.05) is 0 Å². The number of nitrogens with zero attached hydrogens (tertiary/aromatic N) is 3. The second kappa shape index (κ2) is 11.2. The number of rotatable bonds is 5. The van der Waals surface area contributed by atoms with Gasteiger partial charge in [-0.2, -0.15) is 0 Å². The van der Waals surface area contributed by atoms with Gasteiger partial charge in [-0.1, -0.05) is 146 Å². The third kappa shape index (κ3) is 4.75. The van der Waals surface area contributed by atoms with Crippen molar-refractivity contribution in [1.82, 2.24) is 15.0 Å². The van der Waals surface area contributed by atoms with Crippen LogP contribution in [0.1, 0.15) is 0 Å². The van der Waals surface area contributed by atoms with Gasteiger partial charge in [0.15, 0.2) is 17.5 Å². The van der Waals surface area contributed by atoms with Crippen molar-refractivity contribution >= 4 is 32.7 Å². The number of benzene rings is 7. The predicted molar refractivity (Wildman–Crippen MR) is 192 cm³/mol. The van der Waals surface area contributed by atoms with E-state index in [2.05, 4.69) is 115 Å². The second-order valence-corrected chi connectivity index (χ2v) is 11.6. The van der Waals surface area contributed by atoms with Crippen molar-refractivity contribution in [2.45, 2.75) is 0 Å². The first kappa shape index (κ1) is 27.0. The van der Waals surface area contributed by atoms with Gasteiger partial charge in [0, 0.05) is 21.9 Å². The van der Waals surface area contributed by atoms with E-state index in [4.69, 9.17) is 19.4 Å². The summed E-state index contributed by atoms with van der Waals surface area (Å²) in [6.45, 7) is 0. The molecule has 0 radical (unpaired) electrons. The topological polar surface area (TPSA) is 51.8 Å². The van der Waals surface area contributed by atoms with Gasteiger partial charge in [-0.05, 0) is 51.2 Å². The van der Waals surface area contributed by atoms with E-state index in [1.54, 1.807) is 0 Å². The van der Waals surface area contributed by atoms with Gasteiger partial charge in [0.1, 0.15) is 11.2 Å². The molecule has 4 nitrogen and oxygen atoms in total. The Morgan fingerprint density at radius 1 is 0.340 bits per heavy atom. The minimum atomic E-state index is 0.561. The molecular weight excluding hydrogens is 574 g/mol. The smallest absolute Gasteiger partial charge is 0.167 e. The number of hydrogen-bond donors (Lipinski definition) is 0. The fourth-order valence-electron chi connectivity index (χ4n) is 6.49. The molecule has 0 unspecified atom stereocenters. The monoisotopic (exact) mass is 601 g/mol. The Kier molecular flexibility index (Phi) is 6.43. The van der Waals surface area contributed by atoms with Crippen LogP contribution in [0.5, 0.6) is 0 Å². The molecule has 4 heteroatoms. The normalized spacial score (nSPS) is 11.4. The van der Waals surface area contributed by atoms with E-state index in [0.717, 1.165) is 60.9 Å². The summed E-state index contributed by atoms with van der Waals surface area (Å²) in [5.74, 6) is 1.77. The minimum Gasteiger partial charge on any atom is -0.455 e. The fourth-order valence-corrected chi connectivity index (χ4v) is 6.49. The minimum absolute atomic E-state index is 0.561. The molecule has 9 rings (SSSR count). The summed E-state index contributed by atoms with van der Waals surface area (Å²) >= 11 is 0. The molecule has 7 aromatic carbocycles. The van der Waals surface area contributed by atoms with E-state index >= 15 is 0 Å². The van der Waals surface area contributed by atoms with Gasteiger partial charge in [0.25, 0.3) is 0 Å². The highest BCUT2D eigenvalue weighted by atomic mass is 16.3. The lowest BCUT2D eigenvalue weighted by Gasteiger charge is -2.14. The van der Waals surface area contributed by atoms with E-state index in [9.17, 15) is 0 Å². The van der Waals surface area contributed by atoms with E-state index in [0.29, 0.717) is 17.5 Å². The first-order valence-electron chi connectivity index (χ1n) is 15.7. The summed E-state index contributed by atoms with van der Waals surface area (Å²) in [6.07, 6.45) is 0. The molecule has 0 N–H and O–H groups in total. The van der Waals surface area contributed by atoms with Gasteiger partial charge in [-0.3, -0.25) is 0 Å². The Bertz CT molecular complexity index is 2590. The zero-order valence-corrected chi connectivity index (χ0v) is 25.3. The second-order valence-electron chi connectivity index (χ2n) is 11.6. The highest BCUT2D eigenvalue weighted by Gasteiger charge is 2.20. The standard InChI is InChI=1S/C43H27N3O/c1-2-14-29(15-3-1)32-17-6-8-20-36(32)41-44-42(37-21-9-7-18-33(37)31-26-25-28-13-4-5-16-30(28)27-31)46-43(45-41)38-23-12-22-35-34-19-10-11-24-39(34)47-40(35)38/h1-27H. The molecule has 0 spiro atoms. The fraction of sp³-hybridized carbons (Fsp3) is 0. The third-order valence-corrected chi connectivity index (χ3v) is 8.76. The molecule has 0 saturated heterocycles. The number of fused-ring (bicyclic) bond motifs is 4. The van der Waals surface area contributed by atoms with Crippen molar-refractivity contribution in [3.63, 3.8) is 0 Å². The Morgan fingerprint density at radius 3 is 1.62 bits per heavy atom. The molecule has 0 saturated carbocycles. The molecule has 0 fully saturated rings. The van der Waals surface area contributed by atoms with Crippen LogP contribution in [0.2, 0.25) is 0 Å². The summed E-state index contributed by atoms with van der Waals surface area (Å²) in [7, 11) is 0. The zero-order chi connectivity index (χ0) is 31.2. The lowest BCUT2D eigenvalue weighted by Crippen LogP contribution is -2.02. The van der Waals surface area contributed by atoms with Gasteiger partial charge in [0.2, 0.25) is 0 Å². The van der Waals surface area contributed by atoms with Crippen LogP contribution in [-0.4, -0.2) is 15.0 Å². The Morgan fingerprint density at radius 2 is 0.872 bits per heavy atom. The number of furan rings is 1. The molecule has 220 valence electrons. The van der Waals surface area contributed by atoms with Crippen LogP contribution in [0.15, 0.2) is 168 Å². The van der Waals surface area contributed by atoms with Crippen LogP contribution >= 0.6 is 0 Å². The van der Waals surface area contributed by atoms with Crippen molar-refractivity contribution in [3.05, 3.63) is 164 Å². The van der Waals surface area contributed by atoms with Gasteiger partial charge < -0.3 is 4.42 Å². The third-order valence-electron chi connectivity index (χ3n) is 8.76. The zero-order valence-electron chi connectivity index (χ0n) is 25.3. The summed E-state index contributed by atoms with van der Waals surface area (Å²) < 4.78 is 6.46. The summed E-state index contributed by atoms with van der Waals surface area (Å²) in [4.78, 5) is 15.6. The first-order chi connectivity index (χ1) is 23.3. The molecule has 47 heavy (non-hydrogen) atoms. The van der Waals surface area contributed by atoms with E-state index in [-0.39, 0.29) is 0 Å². The molecule has 0 aliphatic carbocycles. The Labute approximate surface area is 271 Å². The maximum absolute atomic E-state index is 6.46. The molecule has 0 aliphatic rings. The number of aromatic nitrogens is 3. The van der Waals surface area contributed by atoms with Gasteiger partial charge in [0.05, 0.1) is 5.56 Å². The Balaban J connectivity index is 1.31. The summed E-state index contributed by atoms with van der Waals surface area (Å²) in [6, 6.07) is 56.3. The molecule has 9 aromatic rings. The van der Waals surface area contributed by atoms with Crippen LogP contribution in [0.3, 0.4) is 0 Å². The molecule has 2 aromatic heterocycles. The lowest BCUT2D eigenvalue weighted by atomic mass is 9.96. The van der Waals surface area contributed by atoms with Crippen LogP contribution in [0, 0.1) is 0 Å². The van der Waals surface area contributed by atoms with E-state index in [1.165, 1.54) is 10.8 Å². The molecule has 0 bridgehead atoms. The number of hydrogen-bond acceptors (Lipinski definition) is 4. The van der Waals surface area contributed by atoms with Crippen LogP contribution in [0.4, 0.5) is 0 Å². The molecule has 2 heterocycles. The van der Waals surface area contributed by atoms with Crippen molar-refractivity contribution in [3.8, 4) is 56.4 Å². The van der Waals surface area contributed by atoms with Crippen molar-refractivity contribution in [1.29, 1.82) is 0 Å². The quantitative estimate of drug-likeness (QED) is 0.197. The number of para-hydroxylation sites is 2. The average Bonchev–Trinajstić information content (AvgIpc) is 3.54. The average molecular weight is 602 g/mol. The first-order valence-corrected chi connectivity index (χ1v) is 15.7. The SMILES string of the molecule is c1ccc(-c2ccccc2-c2nc(-c3ccccc3-c3ccc4ccccc4c3)nc(-c3cccc4c3oc3ccccc34)n2)cc1. The Hall–Kier alpha value is -6.39. The van der Waals surface area contributed by atoms with Gasteiger partial charge in [-0.25, -0.2) is 15.0 Å². The van der Waals surface area contributed by atoms with E-state index in [1.807, 2.05) is 48.5 Å². The van der Waals surface area contributed by atoms with Gasteiger partial charge in [-0.15, -0.1) is 0 Å².